The van der Waals surface area contributed by atoms with E-state index >= 15 is 0 Å². The van der Waals surface area contributed by atoms with E-state index in [2.05, 4.69) is 28.2 Å². The van der Waals surface area contributed by atoms with Crippen molar-refractivity contribution in [3.05, 3.63) is 51.0 Å². The summed E-state index contributed by atoms with van der Waals surface area (Å²) in [5.41, 5.74) is 3.31. The van der Waals surface area contributed by atoms with E-state index in [0.29, 0.717) is 19.8 Å². The van der Waals surface area contributed by atoms with Crippen LogP contribution >= 0.6 is 27.5 Å². The first-order valence-corrected chi connectivity index (χ1v) is 7.88. The van der Waals surface area contributed by atoms with Crippen LogP contribution in [0, 0.1) is 6.92 Å². The second-order valence-corrected chi connectivity index (χ2v) is 6.21. The monoisotopic (exact) mass is 367 g/mol. The van der Waals surface area contributed by atoms with Crippen LogP contribution in [0.4, 0.5) is 5.69 Å². The molecule has 0 saturated carbocycles. The maximum Gasteiger partial charge on any atom is 0.175 e. The highest BCUT2D eigenvalue weighted by Crippen LogP contribution is 2.38. The maximum absolute atomic E-state index is 6.03. The van der Waals surface area contributed by atoms with Crippen molar-refractivity contribution < 1.29 is 9.47 Å². The van der Waals surface area contributed by atoms with Crippen molar-refractivity contribution in [1.82, 2.24) is 0 Å². The number of hydrogen-bond donors (Lipinski definition) is 1. The highest BCUT2D eigenvalue weighted by Gasteiger charge is 2.16. The fourth-order valence-corrected chi connectivity index (χ4v) is 3.02. The number of halogens is 2. The number of benzene rings is 2. The molecule has 21 heavy (non-hydrogen) atoms. The molecule has 0 atom stereocenters. The lowest BCUT2D eigenvalue weighted by molar-refractivity contribution is 0.170. The fraction of sp³-hybridized carbons (Fsp3) is 0.250. The van der Waals surface area contributed by atoms with Gasteiger partial charge in [-0.2, -0.15) is 0 Å². The molecule has 2 aromatic carbocycles. The Morgan fingerprint density at radius 2 is 2.00 bits per heavy atom. The Hall–Kier alpha value is -1.39. The van der Waals surface area contributed by atoms with Gasteiger partial charge in [0.1, 0.15) is 13.2 Å². The smallest absolute Gasteiger partial charge is 0.175 e. The molecule has 1 heterocycles. The predicted octanol–water partition coefficient (Wildman–Crippen LogP) is 4.79. The van der Waals surface area contributed by atoms with E-state index in [1.165, 1.54) is 0 Å². The van der Waals surface area contributed by atoms with E-state index < -0.39 is 0 Å². The first-order valence-electron chi connectivity index (χ1n) is 6.71. The molecule has 3 nitrogen and oxygen atoms in total. The number of aryl methyl sites for hydroxylation is 1. The number of rotatable bonds is 3. The summed E-state index contributed by atoms with van der Waals surface area (Å²) in [4.78, 5) is 0. The first kappa shape index (κ1) is 14.5. The lowest BCUT2D eigenvalue weighted by Gasteiger charge is -2.20. The molecule has 1 aliphatic rings. The van der Waals surface area contributed by atoms with E-state index in [9.17, 15) is 0 Å². The van der Waals surface area contributed by atoms with E-state index in [-0.39, 0.29) is 0 Å². The summed E-state index contributed by atoms with van der Waals surface area (Å²) in [5.74, 6) is 1.57. The van der Waals surface area contributed by atoms with Crippen LogP contribution in [0.1, 0.15) is 11.1 Å². The average molecular weight is 369 g/mol. The zero-order chi connectivity index (χ0) is 14.8. The molecule has 110 valence electrons. The van der Waals surface area contributed by atoms with Crippen LogP contribution in [-0.4, -0.2) is 13.2 Å². The molecule has 0 aromatic heterocycles. The number of ether oxygens (including phenoxy) is 2. The van der Waals surface area contributed by atoms with Gasteiger partial charge in [0.2, 0.25) is 0 Å². The third-order valence-electron chi connectivity index (χ3n) is 3.34. The van der Waals surface area contributed by atoms with Crippen molar-refractivity contribution in [2.24, 2.45) is 0 Å². The molecule has 0 amide bonds. The van der Waals surface area contributed by atoms with Gasteiger partial charge in [0.25, 0.3) is 0 Å². The summed E-state index contributed by atoms with van der Waals surface area (Å²) < 4.78 is 12.1. The van der Waals surface area contributed by atoms with E-state index in [4.69, 9.17) is 21.1 Å². The number of anilines is 1. The lowest BCUT2D eigenvalue weighted by Crippen LogP contribution is -2.16. The predicted molar refractivity (Wildman–Crippen MR) is 88.6 cm³/mol. The minimum absolute atomic E-state index is 0.587. The van der Waals surface area contributed by atoms with E-state index in [1.807, 2.05) is 30.3 Å². The van der Waals surface area contributed by atoms with Gasteiger partial charge in [0.15, 0.2) is 11.5 Å². The summed E-state index contributed by atoms with van der Waals surface area (Å²) in [6.07, 6.45) is 0. The Morgan fingerprint density at radius 3 is 2.86 bits per heavy atom. The molecule has 0 bridgehead atoms. The highest BCUT2D eigenvalue weighted by molar-refractivity contribution is 9.10. The van der Waals surface area contributed by atoms with Crippen LogP contribution in [0.2, 0.25) is 5.02 Å². The van der Waals surface area contributed by atoms with Crippen molar-refractivity contribution >= 4 is 33.2 Å². The largest absolute Gasteiger partial charge is 0.486 e. The second kappa shape index (κ2) is 6.16. The zero-order valence-electron chi connectivity index (χ0n) is 11.6. The summed E-state index contributed by atoms with van der Waals surface area (Å²) in [6.45, 7) is 3.92. The van der Waals surface area contributed by atoms with Crippen LogP contribution in [0.5, 0.6) is 11.5 Å². The van der Waals surface area contributed by atoms with Crippen LogP contribution < -0.4 is 14.8 Å². The van der Waals surface area contributed by atoms with Crippen LogP contribution in [0.15, 0.2) is 34.8 Å². The van der Waals surface area contributed by atoms with Gasteiger partial charge in [-0.1, -0.05) is 17.7 Å². The second-order valence-electron chi connectivity index (χ2n) is 4.91. The standard InChI is InChI=1S/C16H15BrClNO2/c1-10-2-3-12(18)8-14(10)19-9-11-6-13(17)16-15(7-11)20-4-5-21-16/h2-3,6-8,19H,4-5,9H2,1H3. The van der Waals surface area contributed by atoms with Crippen molar-refractivity contribution in [2.75, 3.05) is 18.5 Å². The van der Waals surface area contributed by atoms with Crippen molar-refractivity contribution in [3.8, 4) is 11.5 Å². The molecule has 0 spiro atoms. The van der Waals surface area contributed by atoms with Gasteiger partial charge in [-0.05, 0) is 58.2 Å². The molecule has 5 heteroatoms. The number of hydrogen-bond acceptors (Lipinski definition) is 3. The lowest BCUT2D eigenvalue weighted by atomic mass is 10.1. The SMILES string of the molecule is Cc1ccc(Cl)cc1NCc1cc(Br)c2c(c1)OCCO2. The molecule has 1 aliphatic heterocycles. The van der Waals surface area contributed by atoms with Crippen molar-refractivity contribution in [3.63, 3.8) is 0 Å². The minimum Gasteiger partial charge on any atom is -0.486 e. The summed E-state index contributed by atoms with van der Waals surface area (Å²) in [5, 5.41) is 4.13. The number of fused-ring (bicyclic) bond motifs is 1. The van der Waals surface area contributed by atoms with Crippen LogP contribution in [0.3, 0.4) is 0 Å². The topological polar surface area (TPSA) is 30.5 Å². The van der Waals surface area contributed by atoms with Crippen molar-refractivity contribution in [2.45, 2.75) is 13.5 Å². The summed E-state index contributed by atoms with van der Waals surface area (Å²) in [6, 6.07) is 9.88. The Bertz CT molecular complexity index is 676. The van der Waals surface area contributed by atoms with Gasteiger partial charge in [-0.15, -0.1) is 0 Å². The molecule has 1 N–H and O–H groups in total. The summed E-state index contributed by atoms with van der Waals surface area (Å²) in [7, 11) is 0. The molecule has 0 radical (unpaired) electrons. The van der Waals surface area contributed by atoms with Crippen molar-refractivity contribution in [1.29, 1.82) is 0 Å². The molecule has 3 rings (SSSR count). The first-order chi connectivity index (χ1) is 10.1. The van der Waals surface area contributed by atoms with Gasteiger partial charge in [0.05, 0.1) is 4.47 Å². The Kier molecular flexibility index (Phi) is 4.27. The van der Waals surface area contributed by atoms with Gasteiger partial charge >= 0.3 is 0 Å². The maximum atomic E-state index is 6.03. The molecule has 0 aliphatic carbocycles. The van der Waals surface area contributed by atoms with Crippen LogP contribution in [0.25, 0.3) is 0 Å². The molecule has 2 aromatic rings. The fourth-order valence-electron chi connectivity index (χ4n) is 2.25. The normalized spacial score (nSPS) is 13.1. The average Bonchev–Trinajstić information content (AvgIpc) is 2.48. The van der Waals surface area contributed by atoms with Crippen LogP contribution in [-0.2, 0) is 6.54 Å². The Labute approximate surface area is 137 Å². The summed E-state index contributed by atoms with van der Waals surface area (Å²) >= 11 is 9.57. The van der Waals surface area contributed by atoms with Gasteiger partial charge in [-0.25, -0.2) is 0 Å². The van der Waals surface area contributed by atoms with Gasteiger partial charge in [-0.3, -0.25) is 0 Å². The molecule has 0 saturated heterocycles. The Balaban J connectivity index is 1.79. The third kappa shape index (κ3) is 3.27. The number of nitrogens with one attached hydrogen (secondary N) is 1. The van der Waals surface area contributed by atoms with E-state index in [0.717, 1.165) is 37.8 Å². The third-order valence-corrected chi connectivity index (χ3v) is 4.16. The Morgan fingerprint density at radius 1 is 1.19 bits per heavy atom. The highest BCUT2D eigenvalue weighted by atomic mass is 79.9. The molecule has 0 fully saturated rings. The quantitative estimate of drug-likeness (QED) is 0.844. The van der Waals surface area contributed by atoms with E-state index in [1.54, 1.807) is 0 Å². The molecular weight excluding hydrogens is 354 g/mol. The molecule has 0 unspecified atom stereocenters. The van der Waals surface area contributed by atoms with Gasteiger partial charge < -0.3 is 14.8 Å². The zero-order valence-corrected chi connectivity index (χ0v) is 13.9. The molecular formula is C16H15BrClNO2. The van der Waals surface area contributed by atoms with Gasteiger partial charge in [0, 0.05) is 17.3 Å². The minimum atomic E-state index is 0.587.